The Morgan fingerprint density at radius 3 is 2.29 bits per heavy atom. The second-order valence-electron chi connectivity index (χ2n) is 5.69. The topological polar surface area (TPSA) is 33.7 Å². The molecular formula is C17H27BrCl2N2O2. The van der Waals surface area contributed by atoms with E-state index in [1.54, 1.807) is 14.2 Å². The molecule has 0 bridgehead atoms. The number of rotatable bonds is 6. The Hall–Kier alpha value is -0.460. The molecule has 4 nitrogen and oxygen atoms in total. The van der Waals surface area contributed by atoms with Gasteiger partial charge in [0.1, 0.15) is 11.5 Å². The molecule has 1 aliphatic heterocycles. The van der Waals surface area contributed by atoms with Gasteiger partial charge in [0.05, 0.1) is 18.7 Å². The van der Waals surface area contributed by atoms with E-state index in [0.717, 1.165) is 54.1 Å². The summed E-state index contributed by atoms with van der Waals surface area (Å²) in [7, 11) is 3.41. The molecule has 0 radical (unpaired) electrons. The molecule has 24 heavy (non-hydrogen) atoms. The fraction of sp³-hybridized carbons (Fsp3) is 0.529. The van der Waals surface area contributed by atoms with Crippen LogP contribution in [0, 0.1) is 0 Å². The smallest absolute Gasteiger partial charge is 0.133 e. The lowest BCUT2D eigenvalue weighted by Crippen LogP contribution is -2.45. The number of halogens is 3. The average molecular weight is 442 g/mol. The molecule has 1 fully saturated rings. The van der Waals surface area contributed by atoms with Crippen molar-refractivity contribution in [3.05, 3.63) is 34.3 Å². The van der Waals surface area contributed by atoms with Gasteiger partial charge in [-0.25, -0.2) is 0 Å². The number of nitrogens with zero attached hydrogens (tertiary/aromatic N) is 1. The fourth-order valence-corrected chi connectivity index (χ4v) is 3.39. The summed E-state index contributed by atoms with van der Waals surface area (Å²) in [6.07, 6.45) is 0.918. The minimum absolute atomic E-state index is 0. The van der Waals surface area contributed by atoms with Crippen LogP contribution in [0.4, 0.5) is 0 Å². The van der Waals surface area contributed by atoms with Crippen LogP contribution in [0.1, 0.15) is 24.9 Å². The molecule has 1 aliphatic rings. The Balaban J connectivity index is 0.00000264. The molecule has 0 aliphatic carbocycles. The maximum Gasteiger partial charge on any atom is 0.133 e. The van der Waals surface area contributed by atoms with Crippen LogP contribution >= 0.6 is 40.7 Å². The fourth-order valence-electron chi connectivity index (χ4n) is 2.90. The zero-order valence-corrected chi connectivity index (χ0v) is 17.7. The van der Waals surface area contributed by atoms with Gasteiger partial charge in [0.2, 0.25) is 0 Å². The van der Waals surface area contributed by atoms with E-state index in [1.807, 2.05) is 6.07 Å². The van der Waals surface area contributed by atoms with Crippen molar-refractivity contribution in [2.45, 2.75) is 19.4 Å². The molecule has 1 aromatic carbocycles. The molecule has 2 rings (SSSR count). The first kappa shape index (κ1) is 23.5. The molecule has 1 atom stereocenters. The van der Waals surface area contributed by atoms with Gasteiger partial charge in [-0.15, -0.1) is 31.4 Å². The Kier molecular flexibility index (Phi) is 11.0. The van der Waals surface area contributed by atoms with Crippen LogP contribution in [0.5, 0.6) is 11.5 Å². The van der Waals surface area contributed by atoms with Gasteiger partial charge in [-0.2, -0.15) is 0 Å². The molecule has 0 saturated carbocycles. The van der Waals surface area contributed by atoms with Crippen LogP contribution < -0.4 is 14.8 Å². The summed E-state index contributed by atoms with van der Waals surface area (Å²) in [5.74, 6) is 1.72. The number of methoxy groups -OCH3 is 2. The van der Waals surface area contributed by atoms with Crippen molar-refractivity contribution in [1.82, 2.24) is 10.2 Å². The van der Waals surface area contributed by atoms with Crippen molar-refractivity contribution >= 4 is 40.7 Å². The van der Waals surface area contributed by atoms with Gasteiger partial charge in [0.15, 0.2) is 0 Å². The number of benzene rings is 1. The molecule has 0 unspecified atom stereocenters. The van der Waals surface area contributed by atoms with Gasteiger partial charge in [-0.3, -0.25) is 4.90 Å². The van der Waals surface area contributed by atoms with Gasteiger partial charge in [0.25, 0.3) is 0 Å². The molecular weight excluding hydrogens is 415 g/mol. The van der Waals surface area contributed by atoms with E-state index >= 15 is 0 Å². The summed E-state index contributed by atoms with van der Waals surface area (Å²) in [6.45, 7) is 10.3. The van der Waals surface area contributed by atoms with Crippen molar-refractivity contribution in [2.75, 3.05) is 40.4 Å². The molecule has 0 amide bonds. The van der Waals surface area contributed by atoms with Crippen molar-refractivity contribution in [2.24, 2.45) is 0 Å². The molecule has 1 aromatic rings. The first-order valence-electron chi connectivity index (χ1n) is 7.57. The Morgan fingerprint density at radius 2 is 1.79 bits per heavy atom. The van der Waals surface area contributed by atoms with Crippen molar-refractivity contribution < 1.29 is 9.47 Å². The zero-order valence-electron chi connectivity index (χ0n) is 14.4. The van der Waals surface area contributed by atoms with Gasteiger partial charge in [-0.05, 0) is 41.4 Å². The normalized spacial score (nSPS) is 15.7. The summed E-state index contributed by atoms with van der Waals surface area (Å²) >= 11 is 3.53. The number of piperazine rings is 1. The molecule has 0 spiro atoms. The van der Waals surface area contributed by atoms with Gasteiger partial charge in [-0.1, -0.05) is 5.57 Å². The van der Waals surface area contributed by atoms with E-state index in [-0.39, 0.29) is 30.9 Å². The highest BCUT2D eigenvalue weighted by Crippen LogP contribution is 2.40. The van der Waals surface area contributed by atoms with Crippen LogP contribution in [-0.2, 0) is 0 Å². The van der Waals surface area contributed by atoms with E-state index in [0.29, 0.717) is 0 Å². The summed E-state index contributed by atoms with van der Waals surface area (Å²) in [5.41, 5.74) is 2.33. The van der Waals surface area contributed by atoms with E-state index in [4.69, 9.17) is 9.47 Å². The minimum atomic E-state index is 0. The Morgan fingerprint density at radius 1 is 1.21 bits per heavy atom. The van der Waals surface area contributed by atoms with Crippen LogP contribution in [0.2, 0.25) is 0 Å². The lowest BCUT2D eigenvalue weighted by atomic mass is 9.96. The van der Waals surface area contributed by atoms with Crippen molar-refractivity contribution in [1.29, 1.82) is 0 Å². The lowest BCUT2D eigenvalue weighted by Gasteiger charge is -2.36. The minimum Gasteiger partial charge on any atom is -0.496 e. The number of hydrogen-bond acceptors (Lipinski definition) is 4. The summed E-state index contributed by atoms with van der Waals surface area (Å²) in [6, 6.07) is 4.33. The highest BCUT2D eigenvalue weighted by molar-refractivity contribution is 9.10. The Labute approximate surface area is 165 Å². The predicted octanol–water partition coefficient (Wildman–Crippen LogP) is 4.22. The molecule has 1 heterocycles. The van der Waals surface area contributed by atoms with E-state index < -0.39 is 0 Å². The summed E-state index contributed by atoms with van der Waals surface area (Å²) in [5, 5.41) is 3.41. The van der Waals surface area contributed by atoms with Crippen LogP contribution in [0.3, 0.4) is 0 Å². The average Bonchev–Trinajstić information content (AvgIpc) is 2.53. The second-order valence-corrected chi connectivity index (χ2v) is 6.55. The first-order valence-corrected chi connectivity index (χ1v) is 8.36. The maximum atomic E-state index is 5.62. The van der Waals surface area contributed by atoms with Crippen molar-refractivity contribution in [3.63, 3.8) is 0 Å². The predicted molar refractivity (Wildman–Crippen MR) is 108 cm³/mol. The van der Waals surface area contributed by atoms with Crippen LogP contribution in [-0.4, -0.2) is 45.3 Å². The van der Waals surface area contributed by atoms with Crippen LogP contribution in [0.15, 0.2) is 28.8 Å². The third kappa shape index (κ3) is 5.81. The largest absolute Gasteiger partial charge is 0.496 e. The van der Waals surface area contributed by atoms with Gasteiger partial charge >= 0.3 is 0 Å². The molecule has 7 heteroatoms. The monoisotopic (exact) mass is 440 g/mol. The third-order valence-electron chi connectivity index (χ3n) is 4.00. The van der Waals surface area contributed by atoms with E-state index in [1.165, 1.54) is 5.57 Å². The van der Waals surface area contributed by atoms with E-state index in [2.05, 4.69) is 45.7 Å². The third-order valence-corrected chi connectivity index (χ3v) is 4.62. The standard InChI is InChI=1S/C17H25BrN2O2.2ClH/c1-12(2)9-15(20-7-5-19-6-8-20)13-10-17(22-4)14(18)11-16(13)21-3;;/h10-11,15,19H,1,5-9H2,2-4H3;2*1H/t15-;;/m1../s1. The molecule has 0 aromatic heterocycles. The van der Waals surface area contributed by atoms with Crippen molar-refractivity contribution in [3.8, 4) is 11.5 Å². The number of ether oxygens (including phenoxy) is 2. The van der Waals surface area contributed by atoms with Gasteiger partial charge in [0, 0.05) is 37.8 Å². The zero-order chi connectivity index (χ0) is 16.1. The molecule has 1 N–H and O–H groups in total. The molecule has 1 saturated heterocycles. The van der Waals surface area contributed by atoms with Gasteiger partial charge < -0.3 is 14.8 Å². The summed E-state index contributed by atoms with van der Waals surface area (Å²) in [4.78, 5) is 2.50. The first-order chi connectivity index (χ1) is 10.6. The summed E-state index contributed by atoms with van der Waals surface area (Å²) < 4.78 is 12.0. The lowest BCUT2D eigenvalue weighted by molar-refractivity contribution is 0.169. The highest BCUT2D eigenvalue weighted by atomic mass is 79.9. The van der Waals surface area contributed by atoms with Crippen LogP contribution in [0.25, 0.3) is 0 Å². The second kappa shape index (κ2) is 11.2. The quantitative estimate of drug-likeness (QED) is 0.670. The maximum absolute atomic E-state index is 5.62. The van der Waals surface area contributed by atoms with E-state index in [9.17, 15) is 0 Å². The molecule has 138 valence electrons. The Bertz CT molecular complexity index is 538. The number of hydrogen-bond donors (Lipinski definition) is 1. The SMILES string of the molecule is C=C(C)C[C@H](c1cc(OC)c(Br)cc1OC)N1CCNCC1.Cl.Cl. The number of nitrogens with one attached hydrogen (secondary N) is 1. The highest BCUT2D eigenvalue weighted by Gasteiger charge is 2.26.